The Balaban J connectivity index is 1.08. The van der Waals surface area contributed by atoms with E-state index in [-0.39, 0.29) is 95.9 Å². The maximum absolute atomic E-state index is 15.9. The molecule has 0 saturated carbocycles. The number of halogens is 3. The van der Waals surface area contributed by atoms with E-state index >= 15 is 8.78 Å². The van der Waals surface area contributed by atoms with Gasteiger partial charge in [-0.3, -0.25) is 43.0 Å². The van der Waals surface area contributed by atoms with Crippen LogP contribution in [0.25, 0.3) is 16.7 Å². The molecule has 2 aromatic carbocycles. The molecule has 2 aliphatic rings. The number of carbonyl (C=O) groups is 7. The highest BCUT2D eigenvalue weighted by molar-refractivity contribution is 6.12. The van der Waals surface area contributed by atoms with Gasteiger partial charge in [-0.2, -0.15) is 0 Å². The first kappa shape index (κ1) is 53.1. The first-order chi connectivity index (χ1) is 33.6. The van der Waals surface area contributed by atoms with Gasteiger partial charge in [-0.1, -0.05) is 32.4 Å². The van der Waals surface area contributed by atoms with Gasteiger partial charge in [-0.05, 0) is 68.9 Å². The number of unbranched alkanes of at least 4 members (excludes halogenated alkanes) is 2. The van der Waals surface area contributed by atoms with Gasteiger partial charge in [0.05, 0.1) is 43.3 Å². The van der Waals surface area contributed by atoms with Crippen molar-refractivity contribution in [3.63, 3.8) is 0 Å². The second kappa shape index (κ2) is 23.1. The molecule has 0 radical (unpaired) electrons. The smallest absolute Gasteiger partial charge is 0.312 e. The molecule has 0 spiro atoms. The van der Waals surface area contributed by atoms with Gasteiger partial charge in [0, 0.05) is 80.5 Å². The molecular formula is C51H61F3N9O8+. The van der Waals surface area contributed by atoms with Gasteiger partial charge in [0.15, 0.2) is 28.8 Å². The standard InChI is InChI=1S/C51H60F3N9O8/c1-30(2)46(58-43(66)11-7-6-8-22-61-44(67)18-19-45(61)68)42(65)24-33(10-9-21-56-51(55)71)50(70)57-35-15-12-32(13-16-35)29-63(4,5)36-20-23-60(27-36)49-40(54)26-37-47(69)38(31(3)64)28-62(48(37)59-49)41-17-14-34(52)25-39(41)53/h12-19,25-26,28,30,33,36,46H,6-11,20-24,27,29H2,1-5H3,(H4-,55,56,57,58,66,70,71)/p+1/t33-,36?,46+/m1/s1. The number of ketones is 2. The average molecular weight is 985 g/mol. The van der Waals surface area contributed by atoms with E-state index in [0.717, 1.165) is 41.8 Å². The second-order valence-corrected chi connectivity index (χ2v) is 19.1. The first-order valence-corrected chi connectivity index (χ1v) is 23.7. The third-order valence-corrected chi connectivity index (χ3v) is 13.1. The van der Waals surface area contributed by atoms with E-state index in [1.807, 2.05) is 26.2 Å². The van der Waals surface area contributed by atoms with Crippen LogP contribution in [-0.2, 0) is 30.5 Å². The number of hydrogen-bond donors (Lipinski definition) is 4. The van der Waals surface area contributed by atoms with E-state index in [9.17, 15) is 42.7 Å². The SMILES string of the molecule is CC(=O)c1cn(-c2ccc(F)cc2F)c2nc(N3CCC([N+](C)(C)Cc4ccc(NC(=O)[C@H](CCCNC(N)=O)CC(=O)[C@@H](NC(=O)CCCCCN5C(=O)C=CC5=O)C(C)C)cc4)C3)c(F)cc2c1=O. The summed E-state index contributed by atoms with van der Waals surface area (Å²) in [6.07, 6.45) is 6.38. The second-order valence-electron chi connectivity index (χ2n) is 19.1. The predicted octanol–water partition coefficient (Wildman–Crippen LogP) is 5.45. The summed E-state index contributed by atoms with van der Waals surface area (Å²) in [4.78, 5) is 109. The van der Waals surface area contributed by atoms with Crippen molar-refractivity contribution in [3.05, 3.63) is 106 Å². The van der Waals surface area contributed by atoms with Crippen LogP contribution < -0.4 is 32.0 Å². The molecule has 6 amide bonds. The van der Waals surface area contributed by atoms with Crippen molar-refractivity contribution in [2.45, 2.75) is 90.8 Å². The Morgan fingerprint density at radius 3 is 2.25 bits per heavy atom. The molecule has 378 valence electrons. The Bertz CT molecular complexity index is 2780. The van der Waals surface area contributed by atoms with Crippen molar-refractivity contribution >= 4 is 63.8 Å². The molecular weight excluding hydrogens is 924 g/mol. The highest BCUT2D eigenvalue weighted by Crippen LogP contribution is 2.31. The van der Waals surface area contributed by atoms with Gasteiger partial charge in [-0.25, -0.2) is 22.9 Å². The van der Waals surface area contributed by atoms with Crippen LogP contribution in [0.3, 0.4) is 0 Å². The molecule has 6 rings (SSSR count). The Labute approximate surface area is 409 Å². The quantitative estimate of drug-likeness (QED) is 0.0319. The van der Waals surface area contributed by atoms with Gasteiger partial charge in [0.1, 0.15) is 24.2 Å². The summed E-state index contributed by atoms with van der Waals surface area (Å²) in [5.74, 6) is -6.14. The highest BCUT2D eigenvalue weighted by Gasteiger charge is 2.37. The summed E-state index contributed by atoms with van der Waals surface area (Å²) < 4.78 is 46.6. The number of hydrogen-bond acceptors (Lipinski definition) is 10. The van der Waals surface area contributed by atoms with Crippen LogP contribution in [0.4, 0.5) is 29.5 Å². The Hall–Kier alpha value is -7.22. The van der Waals surface area contributed by atoms with Gasteiger partial charge in [0.2, 0.25) is 17.2 Å². The molecule has 4 aromatic rings. The molecule has 0 bridgehead atoms. The molecule has 2 aliphatic heterocycles. The molecule has 1 unspecified atom stereocenters. The lowest BCUT2D eigenvalue weighted by Crippen LogP contribution is -2.49. The zero-order valence-electron chi connectivity index (χ0n) is 40.6. The van der Waals surface area contributed by atoms with Crippen LogP contribution >= 0.6 is 0 Å². The summed E-state index contributed by atoms with van der Waals surface area (Å²) in [6, 6.07) is 9.51. The Morgan fingerprint density at radius 1 is 0.901 bits per heavy atom. The molecule has 3 atom stereocenters. The van der Waals surface area contributed by atoms with E-state index in [4.69, 9.17) is 5.73 Å². The van der Waals surface area contributed by atoms with Gasteiger partial charge < -0.3 is 31.1 Å². The number of Topliss-reactive ketones (excluding diaryl/α,β-unsaturated/α-hetero) is 2. The van der Waals surface area contributed by atoms with E-state index in [1.54, 1.807) is 30.9 Å². The molecule has 0 aliphatic carbocycles. The zero-order valence-corrected chi connectivity index (χ0v) is 40.6. The number of imide groups is 1. The molecule has 17 nitrogen and oxygen atoms in total. The molecule has 1 fully saturated rings. The maximum Gasteiger partial charge on any atom is 0.312 e. The van der Waals surface area contributed by atoms with Gasteiger partial charge in [-0.15, -0.1) is 0 Å². The van der Waals surface area contributed by atoms with Gasteiger partial charge >= 0.3 is 6.03 Å². The summed E-state index contributed by atoms with van der Waals surface area (Å²) in [6.45, 7) is 6.54. The lowest BCUT2D eigenvalue weighted by atomic mass is 9.89. The van der Waals surface area contributed by atoms with Crippen LogP contribution in [0.2, 0.25) is 0 Å². The minimum Gasteiger partial charge on any atom is -0.352 e. The first-order valence-electron chi connectivity index (χ1n) is 23.7. The number of nitrogens with one attached hydrogen (secondary N) is 3. The number of amides is 6. The molecule has 71 heavy (non-hydrogen) atoms. The fourth-order valence-electron chi connectivity index (χ4n) is 9.09. The number of anilines is 2. The minimum absolute atomic E-state index is 0.0198. The van der Waals surface area contributed by atoms with Gasteiger partial charge in [0.25, 0.3) is 11.8 Å². The Morgan fingerprint density at radius 2 is 1.61 bits per heavy atom. The van der Waals surface area contributed by atoms with E-state index in [0.29, 0.717) is 68.0 Å². The number of rotatable bonds is 23. The number of pyridine rings is 2. The minimum atomic E-state index is -0.969. The van der Waals surface area contributed by atoms with Crippen molar-refractivity contribution in [1.29, 1.82) is 0 Å². The number of quaternary nitrogens is 1. The van der Waals surface area contributed by atoms with Crippen LogP contribution in [-0.4, -0.2) is 113 Å². The fourth-order valence-corrected chi connectivity index (χ4v) is 9.09. The summed E-state index contributed by atoms with van der Waals surface area (Å²) >= 11 is 0. The summed E-state index contributed by atoms with van der Waals surface area (Å²) in [5.41, 5.74) is 5.31. The van der Waals surface area contributed by atoms with Crippen molar-refractivity contribution in [2.75, 3.05) is 50.5 Å². The lowest BCUT2D eigenvalue weighted by molar-refractivity contribution is -0.925. The molecule has 1 saturated heterocycles. The Kier molecular flexibility index (Phi) is 17.3. The number of nitrogens with zero attached hydrogens (tertiary/aromatic N) is 5. The van der Waals surface area contributed by atoms with Crippen molar-refractivity contribution in [1.82, 2.24) is 25.1 Å². The fraction of sp³-hybridized carbons (Fsp3) is 0.431. The lowest BCUT2D eigenvalue weighted by Gasteiger charge is -2.36. The predicted molar refractivity (Wildman–Crippen MR) is 260 cm³/mol. The molecule has 5 N–H and O–H groups in total. The van der Waals surface area contributed by atoms with Crippen molar-refractivity contribution in [2.24, 2.45) is 17.6 Å². The van der Waals surface area contributed by atoms with Crippen molar-refractivity contribution < 1.29 is 51.2 Å². The third-order valence-electron chi connectivity index (χ3n) is 13.1. The van der Waals surface area contributed by atoms with Crippen LogP contribution in [0.5, 0.6) is 0 Å². The number of carbonyl (C=O) groups excluding carboxylic acids is 7. The summed E-state index contributed by atoms with van der Waals surface area (Å²) in [7, 11) is 4.08. The van der Waals surface area contributed by atoms with Crippen molar-refractivity contribution in [3.8, 4) is 5.69 Å². The normalized spacial score (nSPS) is 15.6. The average Bonchev–Trinajstić information content (AvgIpc) is 3.93. The van der Waals surface area contributed by atoms with E-state index < -0.39 is 52.6 Å². The third kappa shape index (κ3) is 13.4. The number of fused-ring (bicyclic) bond motifs is 1. The van der Waals surface area contributed by atoms with E-state index in [1.165, 1.54) is 16.7 Å². The van der Waals surface area contributed by atoms with Crippen LogP contribution in [0, 0.1) is 29.3 Å². The number of likely N-dealkylation sites (N-methyl/N-ethyl adjacent to an activating group) is 1. The summed E-state index contributed by atoms with van der Waals surface area (Å²) in [5, 5.41) is 8.02. The highest BCUT2D eigenvalue weighted by atomic mass is 19.1. The number of aromatic nitrogens is 2. The topological polar surface area (TPSA) is 223 Å². The van der Waals surface area contributed by atoms with E-state index in [2.05, 4.69) is 20.9 Å². The maximum atomic E-state index is 15.9. The number of nitrogens with two attached hydrogens (primary N) is 1. The van der Waals surface area contributed by atoms with Crippen LogP contribution in [0.15, 0.2) is 71.7 Å². The molecule has 20 heteroatoms. The number of benzene rings is 2. The molecule has 4 heterocycles. The number of primary amides is 1. The number of urea groups is 1. The zero-order chi connectivity index (χ0) is 51.7. The molecule has 2 aromatic heterocycles. The monoisotopic (exact) mass is 984 g/mol. The van der Waals surface area contributed by atoms with Crippen LogP contribution in [0.1, 0.15) is 88.1 Å². The largest absolute Gasteiger partial charge is 0.352 e.